The minimum atomic E-state index is -3.32. The van der Waals surface area contributed by atoms with Crippen LogP contribution in [0.15, 0.2) is 41.3 Å². The fraction of sp³-hybridized carbons (Fsp3) is 0.379. The Hall–Kier alpha value is -3.92. The number of aromatic nitrogens is 4. The molecule has 0 saturated carbocycles. The highest BCUT2D eigenvalue weighted by Crippen LogP contribution is 2.37. The number of nitrogens with one attached hydrogen (secondary N) is 1. The third-order valence-electron chi connectivity index (χ3n) is 6.77. The zero-order valence-electron chi connectivity index (χ0n) is 30.6. The molecular formula is C29H33F2N7O. The molecule has 4 heterocycles. The number of aryl methyl sites for hydroxylation is 1. The number of pyridine rings is 2. The van der Waals surface area contributed by atoms with E-state index in [9.17, 15) is 4.79 Å². The summed E-state index contributed by atoms with van der Waals surface area (Å²) >= 11 is 0. The van der Waals surface area contributed by atoms with Crippen LogP contribution >= 0.6 is 0 Å². The van der Waals surface area contributed by atoms with Gasteiger partial charge in [0, 0.05) is 63.8 Å². The number of fused-ring (bicyclic) bond motifs is 1. The van der Waals surface area contributed by atoms with Crippen molar-refractivity contribution in [2.24, 2.45) is 0 Å². The lowest BCUT2D eigenvalue weighted by Crippen LogP contribution is -2.50. The number of hydrogen-bond acceptors (Lipinski definition) is 7. The maximum atomic E-state index is 16.4. The Bertz CT molecular complexity index is 1910. The Kier molecular flexibility index (Phi) is 4.67. The van der Waals surface area contributed by atoms with Crippen LogP contribution in [-0.2, 0) is 0 Å². The molecule has 39 heavy (non-hydrogen) atoms. The summed E-state index contributed by atoms with van der Waals surface area (Å²) in [5.41, 5.74) is -3.85. The molecule has 1 saturated heterocycles. The molecule has 3 aromatic heterocycles. The Balaban J connectivity index is 1.98. The van der Waals surface area contributed by atoms with E-state index in [2.05, 4.69) is 20.3 Å². The molecule has 5 rings (SSSR count). The highest BCUT2D eigenvalue weighted by atomic mass is 19.1. The predicted molar refractivity (Wildman–Crippen MR) is 151 cm³/mol. The summed E-state index contributed by atoms with van der Waals surface area (Å²) in [6.45, 7) is -2.72. The fourth-order valence-electron chi connectivity index (χ4n) is 4.92. The lowest BCUT2D eigenvalue weighted by atomic mass is 10.0. The second-order valence-electron chi connectivity index (χ2n) is 9.71. The van der Waals surface area contributed by atoms with Crippen molar-refractivity contribution in [1.29, 1.82) is 0 Å². The first-order valence-electron chi connectivity index (χ1n) is 16.9. The fourth-order valence-corrected chi connectivity index (χ4v) is 4.92. The zero-order chi connectivity index (χ0) is 35.5. The lowest BCUT2D eigenvalue weighted by Gasteiger charge is -2.35. The van der Waals surface area contributed by atoms with Gasteiger partial charge in [-0.2, -0.15) is 4.98 Å². The molecule has 0 aliphatic carbocycles. The molecule has 4 aromatic rings. The van der Waals surface area contributed by atoms with Crippen LogP contribution < -0.4 is 20.8 Å². The molecule has 1 fully saturated rings. The van der Waals surface area contributed by atoms with E-state index < -0.39 is 61.0 Å². The van der Waals surface area contributed by atoms with E-state index in [4.69, 9.17) is 12.3 Å². The van der Waals surface area contributed by atoms with Crippen molar-refractivity contribution >= 4 is 22.5 Å². The standard InChI is InChI=1S/C29H33F2N7O/c1-16(2)24-26(17(3)10-11-33-24)38-28-19(27(35-29(38)39)37-13-12-32-15-18(37)4)14-21(31)25(34-28)23-20(30)8-7-9-22(23)36(5)6/h7-11,14,16,18,32H,12-13,15H2,1-6H3/t18-/m0/s1/i3D3,5D3,6D3. The summed E-state index contributed by atoms with van der Waals surface area (Å²) in [6.07, 6.45) is 1.29. The number of rotatable bonds is 5. The van der Waals surface area contributed by atoms with E-state index in [1.54, 1.807) is 18.7 Å². The molecule has 0 unspecified atom stereocenters. The number of hydrogen-bond donors (Lipinski definition) is 1. The van der Waals surface area contributed by atoms with Gasteiger partial charge in [0.25, 0.3) is 0 Å². The van der Waals surface area contributed by atoms with Crippen LogP contribution in [-0.4, -0.2) is 59.1 Å². The van der Waals surface area contributed by atoms with Crippen molar-refractivity contribution in [1.82, 2.24) is 24.8 Å². The number of benzene rings is 1. The molecule has 0 spiro atoms. The summed E-state index contributed by atoms with van der Waals surface area (Å²) in [5, 5.41) is 3.19. The van der Waals surface area contributed by atoms with Crippen LogP contribution in [0, 0.1) is 18.5 Å². The van der Waals surface area contributed by atoms with Gasteiger partial charge in [-0.15, -0.1) is 0 Å². The maximum Gasteiger partial charge on any atom is 0.355 e. The highest BCUT2D eigenvalue weighted by molar-refractivity contribution is 5.91. The van der Waals surface area contributed by atoms with Crippen LogP contribution in [0.25, 0.3) is 28.0 Å². The van der Waals surface area contributed by atoms with E-state index in [-0.39, 0.29) is 44.7 Å². The molecule has 0 bridgehead atoms. The Morgan fingerprint density at radius 3 is 2.72 bits per heavy atom. The molecule has 0 amide bonds. The van der Waals surface area contributed by atoms with Crippen molar-refractivity contribution in [2.45, 2.75) is 39.6 Å². The van der Waals surface area contributed by atoms with E-state index in [0.717, 1.165) is 28.8 Å². The lowest BCUT2D eigenvalue weighted by molar-refractivity contribution is 0.497. The van der Waals surface area contributed by atoms with Gasteiger partial charge in [0.1, 0.15) is 17.3 Å². The smallest absolute Gasteiger partial charge is 0.355 e. The Morgan fingerprint density at radius 1 is 1.18 bits per heavy atom. The average molecular weight is 543 g/mol. The Morgan fingerprint density at radius 2 is 2.00 bits per heavy atom. The van der Waals surface area contributed by atoms with Crippen molar-refractivity contribution in [3.63, 3.8) is 0 Å². The molecule has 204 valence electrons. The normalized spacial score (nSPS) is 20.2. The molecule has 1 aromatic carbocycles. The minimum absolute atomic E-state index is 0.0158. The quantitative estimate of drug-likeness (QED) is 0.400. The number of halogens is 2. The van der Waals surface area contributed by atoms with Crippen LogP contribution in [0.1, 0.15) is 50.3 Å². The average Bonchev–Trinajstić information content (AvgIpc) is 2.95. The summed E-state index contributed by atoms with van der Waals surface area (Å²) < 4.78 is 105. The first-order chi connectivity index (χ1) is 22.2. The van der Waals surface area contributed by atoms with Gasteiger partial charge in [-0.1, -0.05) is 19.9 Å². The van der Waals surface area contributed by atoms with Gasteiger partial charge in [0.2, 0.25) is 0 Å². The maximum absolute atomic E-state index is 16.4. The third kappa shape index (κ3) is 4.63. The monoisotopic (exact) mass is 542 g/mol. The van der Waals surface area contributed by atoms with E-state index >= 15 is 8.78 Å². The van der Waals surface area contributed by atoms with Gasteiger partial charge in [0.05, 0.1) is 22.3 Å². The van der Waals surface area contributed by atoms with Crippen molar-refractivity contribution < 1.29 is 21.1 Å². The third-order valence-corrected chi connectivity index (χ3v) is 6.77. The van der Waals surface area contributed by atoms with Gasteiger partial charge in [-0.05, 0) is 49.5 Å². The SMILES string of the molecule is [2H]C([2H])([2H])c1ccnc(C(C)C)c1-n1c(=O)nc(N2CCNC[C@@H]2C)c2cc(F)c(-c3c(F)cccc3N(C([2H])([2H])[2H])C([2H])([2H])[2H])nc21. The molecule has 1 atom stereocenters. The second-order valence-corrected chi connectivity index (χ2v) is 9.71. The number of nitrogens with zero attached hydrogens (tertiary/aromatic N) is 6. The van der Waals surface area contributed by atoms with Crippen LogP contribution in [0.2, 0.25) is 0 Å². The van der Waals surface area contributed by atoms with Crippen LogP contribution in [0.4, 0.5) is 20.3 Å². The molecular weight excluding hydrogens is 500 g/mol. The van der Waals surface area contributed by atoms with Crippen molar-refractivity contribution in [3.05, 3.63) is 69.9 Å². The zero-order valence-corrected chi connectivity index (χ0v) is 21.6. The van der Waals surface area contributed by atoms with Gasteiger partial charge in [-0.3, -0.25) is 4.98 Å². The van der Waals surface area contributed by atoms with Gasteiger partial charge >= 0.3 is 5.69 Å². The molecule has 8 nitrogen and oxygen atoms in total. The predicted octanol–water partition coefficient (Wildman–Crippen LogP) is 4.42. The van der Waals surface area contributed by atoms with Crippen molar-refractivity contribution in [2.75, 3.05) is 43.4 Å². The van der Waals surface area contributed by atoms with Crippen molar-refractivity contribution in [3.8, 4) is 16.9 Å². The highest BCUT2D eigenvalue weighted by Gasteiger charge is 2.28. The second kappa shape index (κ2) is 10.3. The summed E-state index contributed by atoms with van der Waals surface area (Å²) in [5.74, 6) is -2.75. The van der Waals surface area contributed by atoms with E-state index in [0.29, 0.717) is 19.6 Å². The minimum Gasteiger partial charge on any atom is -0.377 e. The van der Waals surface area contributed by atoms with E-state index in [1.807, 2.05) is 6.92 Å². The Labute approximate surface area is 239 Å². The molecule has 1 N–H and O–H groups in total. The number of piperazine rings is 1. The van der Waals surface area contributed by atoms with Crippen LogP contribution in [0.3, 0.4) is 0 Å². The topological polar surface area (TPSA) is 79.2 Å². The summed E-state index contributed by atoms with van der Waals surface area (Å²) in [7, 11) is 0. The van der Waals surface area contributed by atoms with Gasteiger partial charge in [-0.25, -0.2) is 23.1 Å². The van der Waals surface area contributed by atoms with E-state index in [1.165, 1.54) is 12.3 Å². The molecule has 0 radical (unpaired) electrons. The first-order valence-corrected chi connectivity index (χ1v) is 12.4. The number of anilines is 2. The van der Waals surface area contributed by atoms with Crippen LogP contribution in [0.5, 0.6) is 0 Å². The molecule has 1 aliphatic heterocycles. The molecule has 10 heteroatoms. The summed E-state index contributed by atoms with van der Waals surface area (Å²) in [6, 6.07) is 4.94. The molecule has 1 aliphatic rings. The van der Waals surface area contributed by atoms with Gasteiger partial charge < -0.3 is 15.1 Å². The largest absolute Gasteiger partial charge is 0.377 e. The summed E-state index contributed by atoms with van der Waals surface area (Å²) in [4.78, 5) is 29.0. The first kappa shape index (κ1) is 17.6. The van der Waals surface area contributed by atoms with Gasteiger partial charge in [0.15, 0.2) is 11.5 Å².